The Bertz CT molecular complexity index is 619. The number of sulfone groups is 1. The zero-order valence-electron chi connectivity index (χ0n) is 10.7. The highest BCUT2D eigenvalue weighted by Crippen LogP contribution is 2.30. The van der Waals surface area contributed by atoms with E-state index in [4.69, 9.17) is 0 Å². The number of amides is 2. The van der Waals surface area contributed by atoms with Gasteiger partial charge in [0.1, 0.15) is 0 Å². The van der Waals surface area contributed by atoms with Gasteiger partial charge in [0.2, 0.25) is 11.8 Å². The molecule has 2 unspecified atom stereocenters. The van der Waals surface area contributed by atoms with Gasteiger partial charge in [-0.25, -0.2) is 8.42 Å². The smallest absolute Gasteiger partial charge is 0.230 e. The van der Waals surface area contributed by atoms with Crippen LogP contribution < -0.4 is 5.32 Å². The number of hydrogen-bond donors (Lipinski definition) is 1. The van der Waals surface area contributed by atoms with Crippen LogP contribution in [-0.4, -0.2) is 26.5 Å². The van der Waals surface area contributed by atoms with Gasteiger partial charge >= 0.3 is 0 Å². The van der Waals surface area contributed by atoms with Crippen molar-refractivity contribution in [2.24, 2.45) is 5.92 Å². The maximum Gasteiger partial charge on any atom is 0.230 e. The lowest BCUT2D eigenvalue weighted by atomic mass is 9.86. The third-order valence-corrected chi connectivity index (χ3v) is 4.57. The fraction of sp³-hybridized carbons (Fsp3) is 0.385. The zero-order valence-corrected chi connectivity index (χ0v) is 11.5. The van der Waals surface area contributed by atoms with Crippen molar-refractivity contribution in [3.8, 4) is 0 Å². The van der Waals surface area contributed by atoms with Crippen molar-refractivity contribution in [3.63, 3.8) is 0 Å². The number of benzene rings is 1. The fourth-order valence-corrected chi connectivity index (χ4v) is 2.86. The molecule has 2 atom stereocenters. The SMILES string of the molecule is CC(c1ccc(S(C)(=O)=O)cc1)C1CC(=O)NC1=O. The predicted octanol–water partition coefficient (Wildman–Crippen LogP) is 0.856. The Morgan fingerprint density at radius 3 is 2.21 bits per heavy atom. The topological polar surface area (TPSA) is 80.3 Å². The molecule has 1 N–H and O–H groups in total. The van der Waals surface area contributed by atoms with E-state index < -0.39 is 9.84 Å². The first-order valence-corrected chi connectivity index (χ1v) is 7.82. The first-order valence-electron chi connectivity index (χ1n) is 5.93. The van der Waals surface area contributed by atoms with E-state index in [1.165, 1.54) is 12.1 Å². The molecule has 1 aromatic rings. The van der Waals surface area contributed by atoms with E-state index in [1.807, 2.05) is 6.92 Å². The van der Waals surface area contributed by atoms with Crippen LogP contribution in [0.25, 0.3) is 0 Å². The van der Waals surface area contributed by atoms with Gasteiger partial charge in [0.25, 0.3) is 0 Å². The second kappa shape index (κ2) is 4.77. The minimum Gasteiger partial charge on any atom is -0.296 e. The molecule has 0 bridgehead atoms. The molecule has 0 aromatic heterocycles. The molecule has 2 rings (SSSR count). The fourth-order valence-electron chi connectivity index (χ4n) is 2.23. The summed E-state index contributed by atoms with van der Waals surface area (Å²) in [5, 5.41) is 2.28. The minimum absolute atomic E-state index is 0.125. The number of carbonyl (C=O) groups excluding carboxylic acids is 2. The Morgan fingerprint density at radius 1 is 1.21 bits per heavy atom. The summed E-state index contributed by atoms with van der Waals surface area (Å²) >= 11 is 0. The highest BCUT2D eigenvalue weighted by Gasteiger charge is 2.35. The molecule has 0 spiro atoms. The van der Waals surface area contributed by atoms with Gasteiger partial charge in [0.15, 0.2) is 9.84 Å². The standard InChI is InChI=1S/C13H15NO4S/c1-8(11-7-12(15)14-13(11)16)9-3-5-10(6-4-9)19(2,17)18/h3-6,8,11H,7H2,1-2H3,(H,14,15,16). The molecule has 0 aliphatic carbocycles. The quantitative estimate of drug-likeness (QED) is 0.833. The molecule has 1 aliphatic heterocycles. The number of nitrogens with one attached hydrogen (secondary N) is 1. The van der Waals surface area contributed by atoms with Crippen molar-refractivity contribution < 1.29 is 18.0 Å². The Labute approximate surface area is 111 Å². The van der Waals surface area contributed by atoms with Crippen LogP contribution in [0.15, 0.2) is 29.2 Å². The van der Waals surface area contributed by atoms with Crippen molar-refractivity contribution in [2.75, 3.05) is 6.26 Å². The number of hydrogen-bond acceptors (Lipinski definition) is 4. The molecule has 1 aromatic carbocycles. The summed E-state index contributed by atoms with van der Waals surface area (Å²) in [4.78, 5) is 23.0. The first-order chi connectivity index (χ1) is 8.79. The monoisotopic (exact) mass is 281 g/mol. The van der Waals surface area contributed by atoms with Crippen molar-refractivity contribution >= 4 is 21.7 Å². The van der Waals surface area contributed by atoms with E-state index in [-0.39, 0.29) is 35.0 Å². The van der Waals surface area contributed by atoms with Crippen LogP contribution in [0.3, 0.4) is 0 Å². The average Bonchev–Trinajstić information content (AvgIpc) is 2.66. The third kappa shape index (κ3) is 2.84. The molecule has 0 radical (unpaired) electrons. The summed E-state index contributed by atoms with van der Waals surface area (Å²) in [6, 6.07) is 6.43. The van der Waals surface area contributed by atoms with E-state index in [9.17, 15) is 18.0 Å². The van der Waals surface area contributed by atoms with Gasteiger partial charge < -0.3 is 0 Å². The molecule has 1 saturated heterocycles. The summed E-state index contributed by atoms with van der Waals surface area (Å²) in [6.07, 6.45) is 1.34. The summed E-state index contributed by atoms with van der Waals surface area (Å²) in [6.45, 7) is 1.86. The van der Waals surface area contributed by atoms with Crippen LogP contribution in [0.1, 0.15) is 24.8 Å². The lowest BCUT2D eigenvalue weighted by molar-refractivity contribution is -0.126. The van der Waals surface area contributed by atoms with Gasteiger partial charge in [0.05, 0.1) is 10.8 Å². The summed E-state index contributed by atoms with van der Waals surface area (Å²) in [5.41, 5.74) is 0.849. The third-order valence-electron chi connectivity index (χ3n) is 3.44. The summed E-state index contributed by atoms with van der Waals surface area (Å²) < 4.78 is 22.7. The van der Waals surface area contributed by atoms with Crippen molar-refractivity contribution in [3.05, 3.63) is 29.8 Å². The first kappa shape index (κ1) is 13.7. The summed E-state index contributed by atoms with van der Waals surface area (Å²) in [5.74, 6) is -1.02. The van der Waals surface area contributed by atoms with Crippen molar-refractivity contribution in [2.45, 2.75) is 24.2 Å². The zero-order chi connectivity index (χ0) is 14.2. The van der Waals surface area contributed by atoms with Gasteiger partial charge in [-0.3, -0.25) is 14.9 Å². The lowest BCUT2D eigenvalue weighted by Gasteiger charge is -2.16. The van der Waals surface area contributed by atoms with Gasteiger partial charge in [-0.2, -0.15) is 0 Å². The van der Waals surface area contributed by atoms with Gasteiger partial charge in [0, 0.05) is 12.7 Å². The Kier molecular flexibility index (Phi) is 3.45. The predicted molar refractivity (Wildman–Crippen MR) is 69.2 cm³/mol. The van der Waals surface area contributed by atoms with Gasteiger partial charge in [-0.1, -0.05) is 19.1 Å². The molecule has 1 fully saturated rings. The van der Waals surface area contributed by atoms with E-state index in [1.54, 1.807) is 12.1 Å². The second-order valence-corrected chi connectivity index (χ2v) is 6.87. The molecule has 0 saturated carbocycles. The van der Waals surface area contributed by atoms with Gasteiger partial charge in [-0.05, 0) is 23.6 Å². The highest BCUT2D eigenvalue weighted by atomic mass is 32.2. The van der Waals surface area contributed by atoms with Crippen LogP contribution in [0, 0.1) is 5.92 Å². The van der Waals surface area contributed by atoms with E-state index in [0.29, 0.717) is 0 Å². The molecular weight excluding hydrogens is 266 g/mol. The van der Waals surface area contributed by atoms with Crippen LogP contribution in [0.5, 0.6) is 0 Å². The summed E-state index contributed by atoms with van der Waals surface area (Å²) in [7, 11) is -3.22. The minimum atomic E-state index is -3.22. The maximum atomic E-state index is 11.6. The Morgan fingerprint density at radius 2 is 1.79 bits per heavy atom. The normalized spacial score (nSPS) is 21.3. The van der Waals surface area contributed by atoms with Crippen molar-refractivity contribution in [1.29, 1.82) is 0 Å². The molecule has 102 valence electrons. The molecule has 19 heavy (non-hydrogen) atoms. The highest BCUT2D eigenvalue weighted by molar-refractivity contribution is 7.90. The Balaban J connectivity index is 2.23. The molecular formula is C13H15NO4S. The molecule has 2 amide bonds. The van der Waals surface area contributed by atoms with E-state index >= 15 is 0 Å². The number of rotatable bonds is 3. The largest absolute Gasteiger partial charge is 0.296 e. The van der Waals surface area contributed by atoms with Crippen LogP contribution in [0.2, 0.25) is 0 Å². The van der Waals surface area contributed by atoms with Crippen LogP contribution >= 0.6 is 0 Å². The molecule has 6 heteroatoms. The van der Waals surface area contributed by atoms with E-state index in [0.717, 1.165) is 11.8 Å². The van der Waals surface area contributed by atoms with Crippen LogP contribution in [0.4, 0.5) is 0 Å². The van der Waals surface area contributed by atoms with Crippen molar-refractivity contribution in [1.82, 2.24) is 5.32 Å². The number of imide groups is 1. The molecule has 1 aliphatic rings. The lowest BCUT2D eigenvalue weighted by Crippen LogP contribution is -2.24. The average molecular weight is 281 g/mol. The maximum absolute atomic E-state index is 11.6. The molecule has 5 nitrogen and oxygen atoms in total. The second-order valence-electron chi connectivity index (χ2n) is 4.85. The molecule has 1 heterocycles. The Hall–Kier alpha value is -1.69. The van der Waals surface area contributed by atoms with Gasteiger partial charge in [-0.15, -0.1) is 0 Å². The van der Waals surface area contributed by atoms with E-state index in [2.05, 4.69) is 5.32 Å². The number of carbonyl (C=O) groups is 2. The van der Waals surface area contributed by atoms with Crippen LogP contribution in [-0.2, 0) is 19.4 Å².